The summed E-state index contributed by atoms with van der Waals surface area (Å²) in [6, 6.07) is 6.57. The van der Waals surface area contributed by atoms with Crippen molar-refractivity contribution in [1.29, 1.82) is 0 Å². The van der Waals surface area contributed by atoms with Gasteiger partial charge in [-0.25, -0.2) is 4.79 Å². The van der Waals surface area contributed by atoms with E-state index in [0.717, 1.165) is 19.3 Å². The number of anilines is 1. The average Bonchev–Trinajstić information content (AvgIpc) is 2.85. The van der Waals surface area contributed by atoms with Gasteiger partial charge in [0, 0.05) is 11.7 Å². The minimum absolute atomic E-state index is 0. The first-order valence-corrected chi connectivity index (χ1v) is 6.36. The summed E-state index contributed by atoms with van der Waals surface area (Å²) in [4.78, 5) is 23.3. The molecule has 1 fully saturated rings. The van der Waals surface area contributed by atoms with Crippen molar-refractivity contribution in [2.24, 2.45) is 11.7 Å². The number of benzene rings is 1. The Balaban J connectivity index is 0.00000200. The van der Waals surface area contributed by atoms with Gasteiger partial charge < -0.3 is 15.8 Å². The Morgan fingerprint density at radius 1 is 1.25 bits per heavy atom. The van der Waals surface area contributed by atoms with E-state index in [0.29, 0.717) is 11.3 Å². The van der Waals surface area contributed by atoms with Crippen molar-refractivity contribution in [2.45, 2.75) is 25.3 Å². The predicted octanol–water partition coefficient (Wildman–Crippen LogP) is 1.96. The number of hydrogen-bond donors (Lipinski definition) is 2. The number of methoxy groups -OCH3 is 1. The number of nitrogens with two attached hydrogens (primary N) is 1. The van der Waals surface area contributed by atoms with Crippen molar-refractivity contribution in [2.75, 3.05) is 12.4 Å². The van der Waals surface area contributed by atoms with Crippen LogP contribution in [0.15, 0.2) is 24.3 Å². The first-order chi connectivity index (χ1) is 9.11. The fourth-order valence-corrected chi connectivity index (χ4v) is 2.36. The summed E-state index contributed by atoms with van der Waals surface area (Å²) in [6.45, 7) is 0. The van der Waals surface area contributed by atoms with Crippen molar-refractivity contribution in [1.82, 2.24) is 0 Å². The van der Waals surface area contributed by atoms with Crippen molar-refractivity contribution in [3.63, 3.8) is 0 Å². The van der Waals surface area contributed by atoms with E-state index in [4.69, 9.17) is 5.73 Å². The second-order valence-electron chi connectivity index (χ2n) is 4.76. The molecule has 2 atom stereocenters. The lowest BCUT2D eigenvalue weighted by Gasteiger charge is -2.15. The van der Waals surface area contributed by atoms with Crippen molar-refractivity contribution >= 4 is 30.0 Å². The Morgan fingerprint density at radius 3 is 2.40 bits per heavy atom. The molecule has 1 aromatic carbocycles. The second-order valence-corrected chi connectivity index (χ2v) is 4.76. The SMILES string of the molecule is COC(=O)c1ccc(NC(=O)C2CCCC2N)cc1.Cl. The fourth-order valence-electron chi connectivity index (χ4n) is 2.36. The van der Waals surface area contributed by atoms with Crippen molar-refractivity contribution in [3.8, 4) is 0 Å². The van der Waals surface area contributed by atoms with Gasteiger partial charge in [-0.3, -0.25) is 4.79 Å². The van der Waals surface area contributed by atoms with Crippen LogP contribution in [0.5, 0.6) is 0 Å². The third-order valence-electron chi connectivity index (χ3n) is 3.48. The highest BCUT2D eigenvalue weighted by Crippen LogP contribution is 2.25. The van der Waals surface area contributed by atoms with E-state index < -0.39 is 5.97 Å². The summed E-state index contributed by atoms with van der Waals surface area (Å²) >= 11 is 0. The molecule has 5 nitrogen and oxygen atoms in total. The Kier molecular flexibility index (Phi) is 5.98. The molecule has 0 aromatic heterocycles. The van der Waals surface area contributed by atoms with E-state index in [1.165, 1.54) is 7.11 Å². The summed E-state index contributed by atoms with van der Waals surface area (Å²) in [5.41, 5.74) is 7.01. The first-order valence-electron chi connectivity index (χ1n) is 6.36. The zero-order valence-electron chi connectivity index (χ0n) is 11.3. The van der Waals surface area contributed by atoms with Gasteiger partial charge in [-0.15, -0.1) is 12.4 Å². The van der Waals surface area contributed by atoms with Crippen molar-refractivity contribution in [3.05, 3.63) is 29.8 Å². The molecule has 1 aliphatic rings. The van der Waals surface area contributed by atoms with E-state index in [1.807, 2.05) is 0 Å². The zero-order chi connectivity index (χ0) is 13.8. The van der Waals surface area contributed by atoms with Crippen LogP contribution >= 0.6 is 12.4 Å². The standard InChI is InChI=1S/C14H18N2O3.ClH/c1-19-14(18)9-5-7-10(8-6-9)16-13(17)11-3-2-4-12(11)15;/h5-8,11-12H,2-4,15H2,1H3,(H,16,17);1H. The van der Waals surface area contributed by atoms with Crippen LogP contribution in [0.2, 0.25) is 0 Å². The van der Waals surface area contributed by atoms with Gasteiger partial charge in [0.1, 0.15) is 0 Å². The molecule has 1 amide bonds. The van der Waals surface area contributed by atoms with Gasteiger partial charge in [0.25, 0.3) is 0 Å². The van der Waals surface area contributed by atoms with E-state index in [2.05, 4.69) is 10.1 Å². The van der Waals surface area contributed by atoms with E-state index in [-0.39, 0.29) is 30.3 Å². The molecule has 6 heteroatoms. The number of rotatable bonds is 3. The molecule has 20 heavy (non-hydrogen) atoms. The molecule has 2 rings (SSSR count). The number of amides is 1. The van der Waals surface area contributed by atoms with Gasteiger partial charge in [-0.05, 0) is 37.1 Å². The summed E-state index contributed by atoms with van der Waals surface area (Å²) in [5, 5.41) is 2.83. The minimum atomic E-state index is -0.393. The lowest BCUT2D eigenvalue weighted by molar-refractivity contribution is -0.120. The number of esters is 1. The molecule has 0 radical (unpaired) electrons. The molecule has 1 aliphatic carbocycles. The Morgan fingerprint density at radius 2 is 1.90 bits per heavy atom. The van der Waals surface area contributed by atoms with Crippen LogP contribution in [0.3, 0.4) is 0 Å². The van der Waals surface area contributed by atoms with Crippen LogP contribution in [0.4, 0.5) is 5.69 Å². The van der Waals surface area contributed by atoms with Gasteiger partial charge in [0.05, 0.1) is 18.6 Å². The summed E-state index contributed by atoms with van der Waals surface area (Å²) < 4.78 is 4.61. The number of carbonyl (C=O) groups excluding carboxylic acids is 2. The van der Waals surface area contributed by atoms with Crippen LogP contribution in [-0.4, -0.2) is 25.0 Å². The van der Waals surface area contributed by atoms with Crippen LogP contribution in [0.1, 0.15) is 29.6 Å². The number of halogens is 1. The van der Waals surface area contributed by atoms with E-state index in [1.54, 1.807) is 24.3 Å². The molecular formula is C14H19ClN2O3. The third kappa shape index (κ3) is 3.71. The number of nitrogens with one attached hydrogen (secondary N) is 1. The summed E-state index contributed by atoms with van der Waals surface area (Å²) in [5.74, 6) is -0.549. The van der Waals surface area contributed by atoms with Gasteiger partial charge in [-0.1, -0.05) is 6.42 Å². The quantitative estimate of drug-likeness (QED) is 0.836. The van der Waals surface area contributed by atoms with Crippen LogP contribution in [0, 0.1) is 5.92 Å². The Hall–Kier alpha value is -1.59. The molecular weight excluding hydrogens is 280 g/mol. The number of carbonyl (C=O) groups is 2. The monoisotopic (exact) mass is 298 g/mol. The molecule has 0 spiro atoms. The maximum Gasteiger partial charge on any atom is 0.337 e. The van der Waals surface area contributed by atoms with Crippen LogP contribution in [0.25, 0.3) is 0 Å². The smallest absolute Gasteiger partial charge is 0.337 e. The topological polar surface area (TPSA) is 81.4 Å². The molecule has 0 heterocycles. The molecule has 0 aliphatic heterocycles. The van der Waals surface area contributed by atoms with E-state index >= 15 is 0 Å². The molecule has 1 aromatic rings. The minimum Gasteiger partial charge on any atom is -0.465 e. The van der Waals surface area contributed by atoms with Gasteiger partial charge in [0.2, 0.25) is 5.91 Å². The summed E-state index contributed by atoms with van der Waals surface area (Å²) in [6.07, 6.45) is 2.74. The van der Waals surface area contributed by atoms with E-state index in [9.17, 15) is 9.59 Å². The highest BCUT2D eigenvalue weighted by molar-refractivity contribution is 5.94. The summed E-state index contributed by atoms with van der Waals surface area (Å²) in [7, 11) is 1.33. The Bertz CT molecular complexity index is 476. The highest BCUT2D eigenvalue weighted by atomic mass is 35.5. The second kappa shape index (κ2) is 7.26. The predicted molar refractivity (Wildman–Crippen MR) is 79.0 cm³/mol. The van der Waals surface area contributed by atoms with Crippen LogP contribution < -0.4 is 11.1 Å². The molecule has 1 saturated carbocycles. The van der Waals surface area contributed by atoms with Crippen molar-refractivity contribution < 1.29 is 14.3 Å². The lowest BCUT2D eigenvalue weighted by atomic mass is 10.0. The molecule has 110 valence electrons. The molecule has 0 saturated heterocycles. The number of ether oxygens (including phenoxy) is 1. The Labute approximate surface area is 124 Å². The van der Waals surface area contributed by atoms with Crippen LogP contribution in [-0.2, 0) is 9.53 Å². The highest BCUT2D eigenvalue weighted by Gasteiger charge is 2.30. The normalized spacial score (nSPS) is 20.9. The third-order valence-corrected chi connectivity index (χ3v) is 3.48. The maximum atomic E-state index is 12.0. The molecule has 2 unspecified atom stereocenters. The maximum absolute atomic E-state index is 12.0. The average molecular weight is 299 g/mol. The molecule has 3 N–H and O–H groups in total. The van der Waals surface area contributed by atoms with Gasteiger partial charge in [0.15, 0.2) is 0 Å². The van der Waals surface area contributed by atoms with Gasteiger partial charge >= 0.3 is 5.97 Å². The first kappa shape index (κ1) is 16.5. The fraction of sp³-hybridized carbons (Fsp3) is 0.429. The zero-order valence-corrected chi connectivity index (χ0v) is 12.1. The lowest BCUT2D eigenvalue weighted by Crippen LogP contribution is -2.34. The molecule has 0 bridgehead atoms. The van der Waals surface area contributed by atoms with Gasteiger partial charge in [-0.2, -0.15) is 0 Å². The largest absolute Gasteiger partial charge is 0.465 e. The number of hydrogen-bond acceptors (Lipinski definition) is 4.